The fourth-order valence-electron chi connectivity index (χ4n) is 4.38. The van der Waals surface area contributed by atoms with Crippen LogP contribution in [0.15, 0.2) is 48.9 Å². The SMILES string of the molecule is COC(=O)c1cn(C(=O)OC[C@H]2O[C@@](C#N)(c3ccc4c(N)ncnn34)[C@H](O)[C@@H]2O)c2ccccc12. The van der Waals surface area contributed by atoms with Gasteiger partial charge in [-0.25, -0.2) is 19.1 Å². The summed E-state index contributed by atoms with van der Waals surface area (Å²) in [6.45, 7) is -0.499. The smallest absolute Gasteiger partial charge is 0.418 e. The van der Waals surface area contributed by atoms with E-state index in [1.807, 2.05) is 6.07 Å². The van der Waals surface area contributed by atoms with Gasteiger partial charge < -0.3 is 30.2 Å². The van der Waals surface area contributed by atoms with Crippen LogP contribution in [-0.4, -0.2) is 73.5 Å². The number of hydrogen-bond donors (Lipinski definition) is 3. The van der Waals surface area contributed by atoms with Crippen molar-refractivity contribution in [1.29, 1.82) is 5.26 Å². The van der Waals surface area contributed by atoms with E-state index in [2.05, 4.69) is 10.1 Å². The van der Waals surface area contributed by atoms with Crippen LogP contribution in [0.3, 0.4) is 0 Å². The number of methoxy groups -OCH3 is 1. The number of esters is 1. The molecule has 1 saturated heterocycles. The fourth-order valence-corrected chi connectivity index (χ4v) is 4.38. The Morgan fingerprint density at radius 1 is 1.25 bits per heavy atom. The predicted octanol–water partition coefficient (Wildman–Crippen LogP) is 0.577. The quantitative estimate of drug-likeness (QED) is 0.338. The van der Waals surface area contributed by atoms with Crippen molar-refractivity contribution >= 4 is 34.3 Å². The molecule has 13 heteroatoms. The normalized spacial score (nSPS) is 23.6. The Morgan fingerprint density at radius 2 is 2.03 bits per heavy atom. The van der Waals surface area contributed by atoms with Gasteiger partial charge in [0.25, 0.3) is 0 Å². The number of fused-ring (bicyclic) bond motifs is 2. The van der Waals surface area contributed by atoms with Gasteiger partial charge in [-0.05, 0) is 18.2 Å². The van der Waals surface area contributed by atoms with E-state index in [-0.39, 0.29) is 17.1 Å². The zero-order chi connectivity index (χ0) is 25.6. The molecule has 4 aromatic rings. The number of carbonyl (C=O) groups is 2. The molecule has 1 aliphatic rings. The largest absolute Gasteiger partial charge is 0.465 e. The number of nitriles is 1. The third kappa shape index (κ3) is 3.35. The Balaban J connectivity index is 1.41. The highest BCUT2D eigenvalue weighted by atomic mass is 16.6. The number of ether oxygens (including phenoxy) is 3. The Hall–Kier alpha value is -4.51. The first-order chi connectivity index (χ1) is 17.3. The molecule has 0 amide bonds. The summed E-state index contributed by atoms with van der Waals surface area (Å²) in [6, 6.07) is 11.6. The van der Waals surface area contributed by atoms with Crippen molar-refractivity contribution in [2.24, 2.45) is 0 Å². The summed E-state index contributed by atoms with van der Waals surface area (Å²) in [6.07, 6.45) is -2.92. The van der Waals surface area contributed by atoms with Crippen LogP contribution in [0.1, 0.15) is 16.1 Å². The highest BCUT2D eigenvalue weighted by Gasteiger charge is 2.57. The zero-order valence-electron chi connectivity index (χ0n) is 18.8. The molecule has 1 aliphatic heterocycles. The lowest BCUT2D eigenvalue weighted by Crippen LogP contribution is -2.41. The molecule has 0 unspecified atom stereocenters. The Kier molecular flexibility index (Phi) is 5.56. The molecular weight excluding hydrogens is 472 g/mol. The number of para-hydroxylation sites is 1. The number of nitrogens with zero attached hydrogens (tertiary/aromatic N) is 5. The molecule has 4 atom stereocenters. The number of aliphatic hydroxyl groups is 2. The minimum absolute atomic E-state index is 0.119. The maximum Gasteiger partial charge on any atom is 0.418 e. The summed E-state index contributed by atoms with van der Waals surface area (Å²) in [4.78, 5) is 28.9. The molecule has 184 valence electrons. The maximum atomic E-state index is 12.9. The van der Waals surface area contributed by atoms with Crippen molar-refractivity contribution in [3.63, 3.8) is 0 Å². The third-order valence-corrected chi connectivity index (χ3v) is 6.17. The second kappa shape index (κ2) is 8.61. The fraction of sp³-hybridized carbons (Fsp3) is 0.261. The summed E-state index contributed by atoms with van der Waals surface area (Å²) >= 11 is 0. The number of nitrogens with two attached hydrogens (primary N) is 1. The average Bonchev–Trinajstić information content (AvgIpc) is 3.57. The van der Waals surface area contributed by atoms with Crippen molar-refractivity contribution in [2.45, 2.75) is 23.9 Å². The van der Waals surface area contributed by atoms with Gasteiger partial charge in [-0.3, -0.25) is 4.57 Å². The van der Waals surface area contributed by atoms with Crippen LogP contribution in [0.5, 0.6) is 0 Å². The molecule has 4 N–H and O–H groups in total. The maximum absolute atomic E-state index is 12.9. The summed E-state index contributed by atoms with van der Waals surface area (Å²) in [5.41, 5.74) is 4.89. The number of benzene rings is 1. The van der Waals surface area contributed by atoms with Gasteiger partial charge in [0.2, 0.25) is 5.60 Å². The van der Waals surface area contributed by atoms with Crippen molar-refractivity contribution < 1.29 is 34.0 Å². The molecule has 36 heavy (non-hydrogen) atoms. The number of aliphatic hydroxyl groups excluding tert-OH is 2. The molecule has 3 aromatic heterocycles. The van der Waals surface area contributed by atoms with E-state index in [4.69, 9.17) is 19.9 Å². The van der Waals surface area contributed by atoms with Crippen molar-refractivity contribution in [3.05, 3.63) is 60.2 Å². The van der Waals surface area contributed by atoms with Gasteiger partial charge in [0.15, 0.2) is 5.82 Å². The minimum atomic E-state index is -2.03. The highest BCUT2D eigenvalue weighted by molar-refractivity contribution is 6.06. The molecule has 0 aliphatic carbocycles. The van der Waals surface area contributed by atoms with Crippen LogP contribution in [0.4, 0.5) is 10.6 Å². The molecule has 0 saturated carbocycles. The van der Waals surface area contributed by atoms with Gasteiger partial charge in [-0.1, -0.05) is 18.2 Å². The van der Waals surface area contributed by atoms with Crippen LogP contribution in [0.25, 0.3) is 16.4 Å². The highest BCUT2D eigenvalue weighted by Crippen LogP contribution is 2.40. The lowest BCUT2D eigenvalue weighted by molar-refractivity contribution is -0.0657. The van der Waals surface area contributed by atoms with Crippen LogP contribution in [0.2, 0.25) is 0 Å². The number of hydrogen-bond acceptors (Lipinski definition) is 11. The van der Waals surface area contributed by atoms with Gasteiger partial charge in [0.05, 0.1) is 23.9 Å². The number of rotatable bonds is 4. The molecule has 0 bridgehead atoms. The van der Waals surface area contributed by atoms with Gasteiger partial charge in [-0.2, -0.15) is 10.4 Å². The molecule has 0 radical (unpaired) electrons. The molecular formula is C23H20N6O7. The molecule has 13 nitrogen and oxygen atoms in total. The lowest BCUT2D eigenvalue weighted by Gasteiger charge is -2.24. The number of nitrogen functional groups attached to an aromatic ring is 1. The van der Waals surface area contributed by atoms with Crippen LogP contribution < -0.4 is 5.73 Å². The standard InChI is InChI=1S/C23H20N6O7/c1-34-21(32)13-8-28(14-5-3-2-4-12(13)14)22(33)35-9-16-18(30)19(31)23(10-24,36-16)17-7-6-15-20(25)26-11-27-29(15)17/h2-8,11,16,18-19,30-31H,9H2,1H3,(H2,25,26,27)/t16-,18-,19-,23+/m1/s1. The molecule has 1 fully saturated rings. The van der Waals surface area contributed by atoms with Gasteiger partial charge in [0, 0.05) is 11.6 Å². The Morgan fingerprint density at radius 3 is 2.78 bits per heavy atom. The predicted molar refractivity (Wildman–Crippen MR) is 122 cm³/mol. The molecule has 4 heterocycles. The van der Waals surface area contributed by atoms with Crippen LogP contribution >= 0.6 is 0 Å². The number of aromatic nitrogens is 4. The summed E-state index contributed by atoms with van der Waals surface area (Å²) in [7, 11) is 1.23. The van der Waals surface area contributed by atoms with Crippen molar-refractivity contribution in [2.75, 3.05) is 19.5 Å². The second-order valence-corrected chi connectivity index (χ2v) is 8.10. The van der Waals surface area contributed by atoms with Crippen LogP contribution in [-0.2, 0) is 19.8 Å². The summed E-state index contributed by atoms with van der Waals surface area (Å²) in [5.74, 6) is -0.480. The van der Waals surface area contributed by atoms with Crippen LogP contribution in [0, 0.1) is 11.3 Å². The monoisotopic (exact) mass is 492 g/mol. The van der Waals surface area contributed by atoms with Gasteiger partial charge >= 0.3 is 12.1 Å². The molecule has 0 spiro atoms. The topological polar surface area (TPSA) is 187 Å². The number of carbonyl (C=O) groups excluding carboxylic acids is 2. The van der Waals surface area contributed by atoms with E-state index < -0.39 is 42.6 Å². The Bertz CT molecular complexity index is 1540. The van der Waals surface area contributed by atoms with Gasteiger partial charge in [-0.15, -0.1) is 0 Å². The molecule has 5 rings (SSSR count). The van der Waals surface area contributed by atoms with Crippen molar-refractivity contribution in [1.82, 2.24) is 19.2 Å². The molecule has 1 aromatic carbocycles. The minimum Gasteiger partial charge on any atom is -0.465 e. The summed E-state index contributed by atoms with van der Waals surface area (Å²) in [5, 5.41) is 36.0. The average molecular weight is 492 g/mol. The van der Waals surface area contributed by atoms with Gasteiger partial charge in [0.1, 0.15) is 42.8 Å². The van der Waals surface area contributed by atoms with E-state index in [1.54, 1.807) is 30.3 Å². The first-order valence-electron chi connectivity index (χ1n) is 10.7. The van der Waals surface area contributed by atoms with Crippen molar-refractivity contribution in [3.8, 4) is 6.07 Å². The number of anilines is 1. The lowest BCUT2D eigenvalue weighted by atomic mass is 9.92. The zero-order valence-corrected chi connectivity index (χ0v) is 18.8. The first kappa shape index (κ1) is 23.2. The van der Waals surface area contributed by atoms with E-state index >= 15 is 0 Å². The van der Waals surface area contributed by atoms with E-state index in [1.165, 1.54) is 30.2 Å². The van der Waals surface area contributed by atoms with E-state index in [0.29, 0.717) is 16.4 Å². The summed E-state index contributed by atoms with van der Waals surface area (Å²) < 4.78 is 18.3. The van der Waals surface area contributed by atoms with E-state index in [9.17, 15) is 25.1 Å². The second-order valence-electron chi connectivity index (χ2n) is 8.10. The first-order valence-corrected chi connectivity index (χ1v) is 10.7. The van der Waals surface area contributed by atoms with E-state index in [0.717, 1.165) is 4.57 Å². The third-order valence-electron chi connectivity index (χ3n) is 6.17. The Labute approximate surface area is 202 Å².